The lowest BCUT2D eigenvalue weighted by Gasteiger charge is -2.07. The van der Waals surface area contributed by atoms with Crippen LogP contribution in [0.2, 0.25) is 0 Å². The van der Waals surface area contributed by atoms with Gasteiger partial charge >= 0.3 is 25.8 Å². The van der Waals surface area contributed by atoms with Gasteiger partial charge in [0, 0.05) is 0 Å². The van der Waals surface area contributed by atoms with Crippen molar-refractivity contribution in [2.45, 2.75) is 32.5 Å². The number of alkyl halides is 3. The fourth-order valence-electron chi connectivity index (χ4n) is 0.609. The molecular formula is C8H17BF3NO6. The summed E-state index contributed by atoms with van der Waals surface area (Å²) >= 11 is 0. The van der Waals surface area contributed by atoms with Crippen molar-refractivity contribution in [1.29, 1.82) is 0 Å². The number of hydrogen-bond acceptors (Lipinski definition) is 5. The van der Waals surface area contributed by atoms with Gasteiger partial charge in [0.1, 0.15) is 6.04 Å². The fourth-order valence-corrected chi connectivity index (χ4v) is 0.609. The molecule has 0 aliphatic heterocycles. The first-order valence-corrected chi connectivity index (χ1v) is 4.90. The van der Waals surface area contributed by atoms with Crippen molar-refractivity contribution in [2.75, 3.05) is 0 Å². The molecule has 1 atom stereocenters. The number of halogens is 3. The van der Waals surface area contributed by atoms with Gasteiger partial charge in [-0.3, -0.25) is 4.79 Å². The standard InChI is InChI=1S/C6H13NO2.C2HF3O2.BH3O2/c1-4(2)3-5(7)6(8)9;3-2(4,5)1(6)7;2-1-3/h4-5H,3,7H2,1-2H3,(H,8,9);(H,6,7);1-3H. The Kier molecular flexibility index (Phi) is 14.1. The van der Waals surface area contributed by atoms with Crippen molar-refractivity contribution in [3.8, 4) is 0 Å². The Balaban J connectivity index is -0.000000228. The Morgan fingerprint density at radius 3 is 1.53 bits per heavy atom. The molecule has 0 radical (unpaired) electrons. The molecule has 0 aromatic rings. The molecule has 0 spiro atoms. The van der Waals surface area contributed by atoms with Crippen LogP contribution in [-0.2, 0) is 9.59 Å². The molecular weight excluding hydrogens is 274 g/mol. The highest BCUT2D eigenvalue weighted by Gasteiger charge is 2.38. The molecule has 0 aliphatic rings. The highest BCUT2D eigenvalue weighted by atomic mass is 19.4. The highest BCUT2D eigenvalue weighted by molar-refractivity contribution is 6.13. The molecule has 0 amide bonds. The molecule has 114 valence electrons. The van der Waals surface area contributed by atoms with Crippen LogP contribution in [0.4, 0.5) is 13.2 Å². The number of carboxylic acid groups (broad SMARTS) is 2. The topological polar surface area (TPSA) is 141 Å². The Bertz CT molecular complexity index is 261. The van der Waals surface area contributed by atoms with Gasteiger partial charge in [0.2, 0.25) is 0 Å². The molecule has 0 aliphatic carbocycles. The molecule has 11 heteroatoms. The Labute approximate surface area is 108 Å². The summed E-state index contributed by atoms with van der Waals surface area (Å²) in [6.07, 6.45) is -4.53. The number of aliphatic carboxylic acids is 2. The molecule has 0 saturated carbocycles. The van der Waals surface area contributed by atoms with Gasteiger partial charge in [-0.05, 0) is 12.3 Å². The van der Waals surface area contributed by atoms with E-state index in [2.05, 4.69) is 0 Å². The minimum atomic E-state index is -5.08. The number of hydrogen-bond donors (Lipinski definition) is 5. The second-order valence-electron chi connectivity index (χ2n) is 3.52. The van der Waals surface area contributed by atoms with Gasteiger partial charge in [-0.15, -0.1) is 0 Å². The van der Waals surface area contributed by atoms with Crippen LogP contribution in [0.25, 0.3) is 0 Å². The summed E-state index contributed by atoms with van der Waals surface area (Å²) in [5, 5.41) is 29.7. The predicted molar refractivity (Wildman–Crippen MR) is 60.3 cm³/mol. The van der Waals surface area contributed by atoms with Crippen molar-refractivity contribution in [3.05, 3.63) is 0 Å². The van der Waals surface area contributed by atoms with Gasteiger partial charge in [0.05, 0.1) is 0 Å². The van der Waals surface area contributed by atoms with Crippen LogP contribution in [-0.4, -0.2) is 52.1 Å². The summed E-state index contributed by atoms with van der Waals surface area (Å²) in [7, 11) is -0.750. The van der Waals surface area contributed by atoms with Crippen LogP contribution < -0.4 is 5.73 Å². The smallest absolute Gasteiger partial charge is 0.480 e. The van der Waals surface area contributed by atoms with Crippen molar-refractivity contribution in [2.24, 2.45) is 11.7 Å². The molecule has 0 rings (SSSR count). The van der Waals surface area contributed by atoms with Gasteiger partial charge in [-0.25, -0.2) is 4.79 Å². The van der Waals surface area contributed by atoms with Crippen molar-refractivity contribution in [3.63, 3.8) is 0 Å². The molecule has 0 heterocycles. The van der Waals surface area contributed by atoms with E-state index in [1.54, 1.807) is 0 Å². The lowest BCUT2D eigenvalue weighted by atomic mass is 10.1. The van der Waals surface area contributed by atoms with E-state index >= 15 is 0 Å². The van der Waals surface area contributed by atoms with E-state index in [4.69, 9.17) is 30.8 Å². The van der Waals surface area contributed by atoms with Crippen LogP contribution in [0.3, 0.4) is 0 Å². The van der Waals surface area contributed by atoms with Gasteiger partial charge in [-0.1, -0.05) is 13.8 Å². The SMILES string of the molecule is CC(C)CC(N)C(=O)O.O=C(O)C(F)(F)F.OBO. The molecule has 0 saturated heterocycles. The zero-order valence-corrected chi connectivity index (χ0v) is 10.4. The molecule has 19 heavy (non-hydrogen) atoms. The average molecular weight is 291 g/mol. The molecule has 0 bridgehead atoms. The number of nitrogens with two attached hydrogens (primary N) is 1. The maximum absolute atomic E-state index is 10.6. The quantitative estimate of drug-likeness (QED) is 0.433. The number of carbonyl (C=O) groups is 2. The maximum Gasteiger partial charge on any atom is 0.490 e. The van der Waals surface area contributed by atoms with Gasteiger partial charge in [-0.2, -0.15) is 13.2 Å². The van der Waals surface area contributed by atoms with Crippen LogP contribution in [0.15, 0.2) is 0 Å². The zero-order chi connectivity index (χ0) is 16.2. The van der Waals surface area contributed by atoms with Gasteiger partial charge < -0.3 is 26.0 Å². The summed E-state index contributed by atoms with van der Waals surface area (Å²) in [5.41, 5.74) is 5.22. The third-order valence-corrected chi connectivity index (χ3v) is 1.29. The van der Waals surface area contributed by atoms with Crippen LogP contribution in [0, 0.1) is 5.92 Å². The number of carboxylic acids is 2. The van der Waals surface area contributed by atoms with E-state index < -0.39 is 31.8 Å². The summed E-state index contributed by atoms with van der Waals surface area (Å²) in [6, 6.07) is -0.690. The first kappa shape index (κ1) is 22.8. The van der Waals surface area contributed by atoms with Crippen molar-refractivity contribution < 1.29 is 43.0 Å². The lowest BCUT2D eigenvalue weighted by molar-refractivity contribution is -0.192. The van der Waals surface area contributed by atoms with Crippen LogP contribution in [0.1, 0.15) is 20.3 Å². The van der Waals surface area contributed by atoms with Crippen molar-refractivity contribution >= 4 is 19.6 Å². The van der Waals surface area contributed by atoms with E-state index in [-0.39, 0.29) is 0 Å². The summed E-state index contributed by atoms with van der Waals surface area (Å²) in [4.78, 5) is 19.0. The third kappa shape index (κ3) is 22.4. The predicted octanol–water partition coefficient (Wildman–Crippen LogP) is -0.685. The Morgan fingerprint density at radius 2 is 1.47 bits per heavy atom. The largest absolute Gasteiger partial charge is 0.490 e. The van der Waals surface area contributed by atoms with E-state index in [0.29, 0.717) is 12.3 Å². The fraction of sp³-hybridized carbons (Fsp3) is 0.750. The van der Waals surface area contributed by atoms with E-state index in [1.807, 2.05) is 13.8 Å². The minimum Gasteiger partial charge on any atom is -0.480 e. The summed E-state index contributed by atoms with van der Waals surface area (Å²) in [6.45, 7) is 3.89. The first-order chi connectivity index (χ1) is 8.39. The number of rotatable bonds is 3. The lowest BCUT2D eigenvalue weighted by Crippen LogP contribution is -2.31. The minimum absolute atomic E-state index is 0.357. The monoisotopic (exact) mass is 291 g/mol. The van der Waals surface area contributed by atoms with Gasteiger partial charge in [0.15, 0.2) is 0 Å². The van der Waals surface area contributed by atoms with Gasteiger partial charge in [0.25, 0.3) is 0 Å². The Morgan fingerprint density at radius 1 is 1.21 bits per heavy atom. The molecule has 6 N–H and O–H groups in total. The van der Waals surface area contributed by atoms with Crippen LogP contribution in [0.5, 0.6) is 0 Å². The second-order valence-corrected chi connectivity index (χ2v) is 3.52. The average Bonchev–Trinajstić information content (AvgIpc) is 2.16. The van der Waals surface area contributed by atoms with E-state index in [0.717, 1.165) is 0 Å². The van der Waals surface area contributed by atoms with E-state index in [1.165, 1.54) is 0 Å². The Hall–Kier alpha value is -1.33. The van der Waals surface area contributed by atoms with Crippen LogP contribution >= 0.6 is 0 Å². The molecule has 0 aromatic carbocycles. The molecule has 0 fully saturated rings. The summed E-state index contributed by atoms with van der Waals surface area (Å²) < 4.78 is 31.7. The van der Waals surface area contributed by atoms with E-state index in [9.17, 15) is 18.0 Å². The zero-order valence-electron chi connectivity index (χ0n) is 10.4. The molecule has 7 nitrogen and oxygen atoms in total. The third-order valence-electron chi connectivity index (χ3n) is 1.29. The summed E-state index contributed by atoms with van der Waals surface area (Å²) in [5.74, 6) is -3.31. The molecule has 1 unspecified atom stereocenters. The first-order valence-electron chi connectivity index (χ1n) is 4.90. The highest BCUT2D eigenvalue weighted by Crippen LogP contribution is 2.13. The maximum atomic E-state index is 10.6. The normalized spacial score (nSPS) is 11.4. The van der Waals surface area contributed by atoms with Crippen molar-refractivity contribution in [1.82, 2.24) is 0 Å². The second kappa shape index (κ2) is 11.7. The molecule has 0 aromatic heterocycles.